The highest BCUT2D eigenvalue weighted by atomic mass is 16.7. The molecule has 0 unspecified atom stereocenters. The van der Waals surface area contributed by atoms with Gasteiger partial charge in [0.1, 0.15) is 12.2 Å². The fraction of sp³-hybridized carbons (Fsp3) is 0.364. The third-order valence-electron chi connectivity index (χ3n) is 5.05. The molecule has 0 aromatic heterocycles. The van der Waals surface area contributed by atoms with Gasteiger partial charge < -0.3 is 18.9 Å². The Labute approximate surface area is 163 Å². The standard InChI is InChI=1S/C22H22O6/c1-13-3-7-15(8-4-13)21(23)27-17-11-25-20-18(12-26-19(17)20)28-22(24)16-9-5-14(2)6-10-16/h3-10,17-20H,11-12H2,1-2H3/t17-,18+,19-,20-/m0/s1. The van der Waals surface area contributed by atoms with E-state index in [0.717, 1.165) is 11.1 Å². The van der Waals surface area contributed by atoms with Crippen molar-refractivity contribution in [2.24, 2.45) is 0 Å². The molecular weight excluding hydrogens is 360 g/mol. The van der Waals surface area contributed by atoms with Gasteiger partial charge in [-0.3, -0.25) is 0 Å². The number of esters is 2. The van der Waals surface area contributed by atoms with Crippen LogP contribution in [0.3, 0.4) is 0 Å². The molecule has 0 N–H and O–H groups in total. The zero-order valence-corrected chi connectivity index (χ0v) is 15.8. The van der Waals surface area contributed by atoms with E-state index in [-0.39, 0.29) is 13.2 Å². The number of fused-ring (bicyclic) bond motifs is 1. The highest BCUT2D eigenvalue weighted by molar-refractivity contribution is 5.90. The molecule has 6 heteroatoms. The van der Waals surface area contributed by atoms with Crippen LogP contribution in [0.15, 0.2) is 48.5 Å². The van der Waals surface area contributed by atoms with Crippen molar-refractivity contribution in [3.8, 4) is 0 Å². The van der Waals surface area contributed by atoms with Gasteiger partial charge in [0.15, 0.2) is 12.2 Å². The van der Waals surface area contributed by atoms with Crippen LogP contribution in [-0.2, 0) is 18.9 Å². The fourth-order valence-corrected chi connectivity index (χ4v) is 3.42. The van der Waals surface area contributed by atoms with E-state index in [9.17, 15) is 9.59 Å². The first-order valence-corrected chi connectivity index (χ1v) is 9.30. The van der Waals surface area contributed by atoms with E-state index in [0.29, 0.717) is 11.1 Å². The minimum Gasteiger partial charge on any atom is -0.453 e. The van der Waals surface area contributed by atoms with Crippen LogP contribution in [0.4, 0.5) is 0 Å². The van der Waals surface area contributed by atoms with E-state index in [1.165, 1.54) is 0 Å². The minimum absolute atomic E-state index is 0.214. The molecule has 0 spiro atoms. The van der Waals surface area contributed by atoms with Gasteiger partial charge in [0.05, 0.1) is 24.3 Å². The molecule has 0 bridgehead atoms. The summed E-state index contributed by atoms with van der Waals surface area (Å²) in [6.45, 7) is 4.33. The Morgan fingerprint density at radius 1 is 0.714 bits per heavy atom. The van der Waals surface area contributed by atoms with E-state index in [2.05, 4.69) is 0 Å². The molecule has 0 amide bonds. The molecule has 2 aromatic carbocycles. The maximum absolute atomic E-state index is 12.4. The van der Waals surface area contributed by atoms with Crippen molar-refractivity contribution in [3.63, 3.8) is 0 Å². The van der Waals surface area contributed by atoms with E-state index >= 15 is 0 Å². The monoisotopic (exact) mass is 382 g/mol. The summed E-state index contributed by atoms with van der Waals surface area (Å²) in [5, 5.41) is 0. The number of benzene rings is 2. The fourth-order valence-electron chi connectivity index (χ4n) is 3.42. The minimum atomic E-state index is -0.526. The third kappa shape index (κ3) is 3.79. The Morgan fingerprint density at radius 3 is 1.43 bits per heavy atom. The lowest BCUT2D eigenvalue weighted by Crippen LogP contribution is -2.36. The summed E-state index contributed by atoms with van der Waals surface area (Å²) >= 11 is 0. The largest absolute Gasteiger partial charge is 0.453 e. The second kappa shape index (κ2) is 7.73. The van der Waals surface area contributed by atoms with Crippen molar-refractivity contribution in [2.75, 3.05) is 13.2 Å². The topological polar surface area (TPSA) is 71.1 Å². The maximum Gasteiger partial charge on any atom is 0.338 e. The number of carbonyl (C=O) groups is 2. The van der Waals surface area contributed by atoms with Gasteiger partial charge >= 0.3 is 11.9 Å². The molecule has 2 saturated heterocycles. The highest BCUT2D eigenvalue weighted by Gasteiger charge is 2.51. The lowest BCUT2D eigenvalue weighted by Gasteiger charge is -2.17. The number of carbonyl (C=O) groups excluding carboxylic acids is 2. The highest BCUT2D eigenvalue weighted by Crippen LogP contribution is 2.31. The van der Waals surface area contributed by atoms with Crippen LogP contribution in [0, 0.1) is 13.8 Å². The lowest BCUT2D eigenvalue weighted by atomic mass is 10.1. The summed E-state index contributed by atoms with van der Waals surface area (Å²) in [6.07, 6.45) is -1.93. The van der Waals surface area contributed by atoms with Crippen LogP contribution in [0.2, 0.25) is 0 Å². The van der Waals surface area contributed by atoms with Crippen LogP contribution in [0.25, 0.3) is 0 Å². The van der Waals surface area contributed by atoms with Gasteiger partial charge in [0.2, 0.25) is 0 Å². The molecule has 2 heterocycles. The van der Waals surface area contributed by atoms with Crippen molar-refractivity contribution in [3.05, 3.63) is 70.8 Å². The average molecular weight is 382 g/mol. The molecule has 2 aromatic rings. The molecule has 4 atom stereocenters. The van der Waals surface area contributed by atoms with E-state index in [1.807, 2.05) is 38.1 Å². The normalized spacial score (nSPS) is 25.9. The molecule has 28 heavy (non-hydrogen) atoms. The summed E-state index contributed by atoms with van der Waals surface area (Å²) in [6, 6.07) is 14.3. The predicted molar refractivity (Wildman–Crippen MR) is 100 cm³/mol. The predicted octanol–water partition coefficient (Wildman–Crippen LogP) is 2.85. The van der Waals surface area contributed by atoms with Crippen LogP contribution in [0.1, 0.15) is 31.8 Å². The summed E-state index contributed by atoms with van der Waals surface area (Å²) in [4.78, 5) is 24.7. The first-order chi connectivity index (χ1) is 13.5. The molecule has 6 nitrogen and oxygen atoms in total. The molecule has 2 aliphatic rings. The summed E-state index contributed by atoms with van der Waals surface area (Å²) in [7, 11) is 0. The number of rotatable bonds is 4. The van der Waals surface area contributed by atoms with Gasteiger partial charge in [0, 0.05) is 0 Å². The molecular formula is C22H22O6. The number of ether oxygens (including phenoxy) is 4. The number of aryl methyl sites for hydroxylation is 2. The second-order valence-electron chi connectivity index (χ2n) is 7.22. The van der Waals surface area contributed by atoms with Crippen LogP contribution in [-0.4, -0.2) is 49.6 Å². The Kier molecular flexibility index (Phi) is 5.15. The van der Waals surface area contributed by atoms with Crippen LogP contribution in [0.5, 0.6) is 0 Å². The lowest BCUT2D eigenvalue weighted by molar-refractivity contribution is -0.0287. The van der Waals surface area contributed by atoms with Gasteiger partial charge in [-0.05, 0) is 38.1 Å². The van der Waals surface area contributed by atoms with Crippen molar-refractivity contribution in [1.29, 1.82) is 0 Å². The third-order valence-corrected chi connectivity index (χ3v) is 5.05. The number of hydrogen-bond acceptors (Lipinski definition) is 6. The van der Waals surface area contributed by atoms with Crippen molar-refractivity contribution in [1.82, 2.24) is 0 Å². The van der Waals surface area contributed by atoms with Crippen molar-refractivity contribution < 1.29 is 28.5 Å². The Balaban J connectivity index is 1.36. The zero-order valence-electron chi connectivity index (χ0n) is 15.8. The second-order valence-corrected chi connectivity index (χ2v) is 7.22. The Morgan fingerprint density at radius 2 is 1.07 bits per heavy atom. The SMILES string of the molecule is Cc1ccc(C(=O)O[C@H]2CO[C@@H]3[C@H]2OC[C@H]3OC(=O)c2ccc(C)cc2)cc1. The Hall–Kier alpha value is -2.70. The van der Waals surface area contributed by atoms with Gasteiger partial charge in [-0.2, -0.15) is 0 Å². The first-order valence-electron chi connectivity index (χ1n) is 9.30. The summed E-state index contributed by atoms with van der Waals surface area (Å²) in [5.41, 5.74) is 3.10. The molecule has 2 aliphatic heterocycles. The zero-order chi connectivity index (χ0) is 19.7. The summed E-state index contributed by atoms with van der Waals surface area (Å²) in [5.74, 6) is -0.837. The molecule has 0 aliphatic carbocycles. The molecule has 0 saturated carbocycles. The molecule has 2 fully saturated rings. The van der Waals surface area contributed by atoms with Gasteiger partial charge in [-0.1, -0.05) is 35.4 Å². The van der Waals surface area contributed by atoms with Crippen LogP contribution >= 0.6 is 0 Å². The molecule has 146 valence electrons. The quantitative estimate of drug-likeness (QED) is 0.758. The summed E-state index contributed by atoms with van der Waals surface area (Å²) < 4.78 is 22.6. The molecule has 0 radical (unpaired) electrons. The van der Waals surface area contributed by atoms with E-state index in [1.54, 1.807) is 24.3 Å². The van der Waals surface area contributed by atoms with Crippen molar-refractivity contribution in [2.45, 2.75) is 38.3 Å². The van der Waals surface area contributed by atoms with Crippen molar-refractivity contribution >= 4 is 11.9 Å². The van der Waals surface area contributed by atoms with Gasteiger partial charge in [-0.25, -0.2) is 9.59 Å². The first kappa shape index (κ1) is 18.7. The van der Waals surface area contributed by atoms with E-state index < -0.39 is 36.4 Å². The number of hydrogen-bond donors (Lipinski definition) is 0. The van der Waals surface area contributed by atoms with E-state index in [4.69, 9.17) is 18.9 Å². The Bertz CT molecular complexity index is 784. The smallest absolute Gasteiger partial charge is 0.338 e. The van der Waals surface area contributed by atoms with Gasteiger partial charge in [-0.15, -0.1) is 0 Å². The van der Waals surface area contributed by atoms with Crippen LogP contribution < -0.4 is 0 Å². The molecule has 4 rings (SSSR count). The average Bonchev–Trinajstić information content (AvgIpc) is 3.26. The van der Waals surface area contributed by atoms with Gasteiger partial charge in [0.25, 0.3) is 0 Å². The maximum atomic E-state index is 12.4.